The van der Waals surface area contributed by atoms with Crippen LogP contribution in [0.2, 0.25) is 0 Å². The molecule has 0 bridgehead atoms. The van der Waals surface area contributed by atoms with Gasteiger partial charge < -0.3 is 14.8 Å². The summed E-state index contributed by atoms with van der Waals surface area (Å²) in [4.78, 5) is 46.3. The van der Waals surface area contributed by atoms with Gasteiger partial charge in [-0.15, -0.1) is 0 Å². The van der Waals surface area contributed by atoms with Gasteiger partial charge in [0.05, 0.1) is 22.7 Å². The Hall–Kier alpha value is -2.97. The number of ether oxygens (including phenoxy) is 2. The fraction of sp³-hybridized carbons (Fsp3) is 0.550. The number of esters is 2. The lowest BCUT2D eigenvalue weighted by atomic mass is 10.0. The predicted octanol–water partition coefficient (Wildman–Crippen LogP) is 3.26. The van der Waals surface area contributed by atoms with Gasteiger partial charge in [-0.3, -0.25) is 14.9 Å². The van der Waals surface area contributed by atoms with Crippen LogP contribution in [0.15, 0.2) is 18.2 Å². The van der Waals surface area contributed by atoms with Crippen molar-refractivity contribution < 1.29 is 28.8 Å². The van der Waals surface area contributed by atoms with Crippen molar-refractivity contribution in [1.29, 1.82) is 0 Å². The first-order valence-electron chi connectivity index (χ1n) is 9.57. The third-order valence-electron chi connectivity index (χ3n) is 4.04. The van der Waals surface area contributed by atoms with Gasteiger partial charge in [-0.25, -0.2) is 9.59 Å². The number of nitro groups is 1. The molecular weight excluding hydrogens is 380 g/mol. The van der Waals surface area contributed by atoms with E-state index in [0.29, 0.717) is 5.92 Å². The van der Waals surface area contributed by atoms with Crippen LogP contribution < -0.4 is 5.32 Å². The van der Waals surface area contributed by atoms with Crippen molar-refractivity contribution in [3.8, 4) is 0 Å². The van der Waals surface area contributed by atoms with E-state index in [1.165, 1.54) is 0 Å². The SMILES string of the molecule is CCOC(=O)c1cc(C(=O)OCC(=O)NC(C)CCCC(C)C)cc([N+](=O)[O-])c1. The van der Waals surface area contributed by atoms with Crippen molar-refractivity contribution in [3.05, 3.63) is 39.4 Å². The van der Waals surface area contributed by atoms with Gasteiger partial charge in [-0.05, 0) is 32.3 Å². The normalized spacial score (nSPS) is 11.6. The third-order valence-corrected chi connectivity index (χ3v) is 4.04. The summed E-state index contributed by atoms with van der Waals surface area (Å²) in [5, 5.41) is 13.8. The van der Waals surface area contributed by atoms with Crippen molar-refractivity contribution in [3.63, 3.8) is 0 Å². The Morgan fingerprint density at radius 1 is 1.03 bits per heavy atom. The lowest BCUT2D eigenvalue weighted by molar-refractivity contribution is -0.384. The number of carbonyl (C=O) groups excluding carboxylic acids is 3. The number of rotatable bonds is 11. The van der Waals surface area contributed by atoms with E-state index in [4.69, 9.17) is 9.47 Å². The summed E-state index contributed by atoms with van der Waals surface area (Å²) in [5.41, 5.74) is -0.804. The number of hydrogen-bond acceptors (Lipinski definition) is 7. The molecule has 0 aliphatic heterocycles. The number of nitro benzene ring substituents is 1. The van der Waals surface area contributed by atoms with Crippen LogP contribution in [-0.2, 0) is 14.3 Å². The van der Waals surface area contributed by atoms with E-state index in [1.807, 2.05) is 6.92 Å². The van der Waals surface area contributed by atoms with E-state index in [9.17, 15) is 24.5 Å². The molecule has 1 aromatic carbocycles. The predicted molar refractivity (Wildman–Crippen MR) is 106 cm³/mol. The number of hydrogen-bond donors (Lipinski definition) is 1. The van der Waals surface area contributed by atoms with Crippen LogP contribution >= 0.6 is 0 Å². The first-order chi connectivity index (χ1) is 13.6. The molecule has 1 amide bonds. The summed E-state index contributed by atoms with van der Waals surface area (Å²) < 4.78 is 9.75. The summed E-state index contributed by atoms with van der Waals surface area (Å²) in [6.07, 6.45) is 2.85. The van der Waals surface area contributed by atoms with Gasteiger partial charge in [0, 0.05) is 18.2 Å². The van der Waals surface area contributed by atoms with Gasteiger partial charge in [-0.2, -0.15) is 0 Å². The average molecular weight is 408 g/mol. The van der Waals surface area contributed by atoms with Gasteiger partial charge in [0.1, 0.15) is 0 Å². The molecule has 1 aromatic rings. The molecule has 0 spiro atoms. The zero-order valence-electron chi connectivity index (χ0n) is 17.2. The Balaban J connectivity index is 2.70. The van der Waals surface area contributed by atoms with Crippen molar-refractivity contribution in [2.75, 3.05) is 13.2 Å². The van der Waals surface area contributed by atoms with Crippen molar-refractivity contribution in [1.82, 2.24) is 5.32 Å². The van der Waals surface area contributed by atoms with E-state index in [1.54, 1.807) is 6.92 Å². The second kappa shape index (κ2) is 11.8. The zero-order valence-corrected chi connectivity index (χ0v) is 17.2. The molecule has 29 heavy (non-hydrogen) atoms. The van der Waals surface area contributed by atoms with Crippen LogP contribution in [-0.4, -0.2) is 42.0 Å². The van der Waals surface area contributed by atoms with Gasteiger partial charge in [0.25, 0.3) is 11.6 Å². The average Bonchev–Trinajstić information content (AvgIpc) is 2.65. The summed E-state index contributed by atoms with van der Waals surface area (Å²) in [6, 6.07) is 3.07. The molecule has 1 rings (SSSR count). The molecule has 9 nitrogen and oxygen atoms in total. The summed E-state index contributed by atoms with van der Waals surface area (Å²) in [7, 11) is 0. The monoisotopic (exact) mass is 408 g/mol. The van der Waals surface area contributed by atoms with Gasteiger partial charge in [-0.1, -0.05) is 26.7 Å². The fourth-order valence-electron chi connectivity index (χ4n) is 2.60. The van der Waals surface area contributed by atoms with Crippen LogP contribution in [0.25, 0.3) is 0 Å². The number of nitrogens with zero attached hydrogens (tertiary/aromatic N) is 1. The molecule has 1 N–H and O–H groups in total. The first kappa shape index (κ1) is 24.1. The third kappa shape index (κ3) is 8.71. The molecule has 1 atom stereocenters. The maximum atomic E-state index is 12.2. The molecule has 0 aromatic heterocycles. The first-order valence-corrected chi connectivity index (χ1v) is 9.57. The lowest BCUT2D eigenvalue weighted by Gasteiger charge is -2.14. The molecule has 0 radical (unpaired) electrons. The highest BCUT2D eigenvalue weighted by molar-refractivity contribution is 5.97. The van der Waals surface area contributed by atoms with Crippen molar-refractivity contribution >= 4 is 23.5 Å². The molecule has 0 aliphatic carbocycles. The minimum absolute atomic E-state index is 0.0619. The van der Waals surface area contributed by atoms with Gasteiger partial charge in [0.2, 0.25) is 0 Å². The summed E-state index contributed by atoms with van der Waals surface area (Å²) in [6.45, 7) is 7.27. The van der Waals surface area contributed by atoms with E-state index in [0.717, 1.165) is 37.5 Å². The van der Waals surface area contributed by atoms with Crippen molar-refractivity contribution in [2.24, 2.45) is 5.92 Å². The van der Waals surface area contributed by atoms with Crippen LogP contribution in [0.3, 0.4) is 0 Å². The Bertz CT molecular complexity index is 746. The Morgan fingerprint density at radius 2 is 1.62 bits per heavy atom. The number of non-ortho nitro benzene ring substituents is 1. The minimum atomic E-state index is -0.943. The second-order valence-electron chi connectivity index (χ2n) is 7.12. The molecule has 1 unspecified atom stereocenters. The molecule has 0 fully saturated rings. The van der Waals surface area contributed by atoms with Gasteiger partial charge in [0.15, 0.2) is 6.61 Å². The summed E-state index contributed by atoms with van der Waals surface area (Å²) in [5.74, 6) is -1.61. The summed E-state index contributed by atoms with van der Waals surface area (Å²) >= 11 is 0. The topological polar surface area (TPSA) is 125 Å². The molecule has 9 heteroatoms. The van der Waals surface area contributed by atoms with Crippen LogP contribution in [0.1, 0.15) is 67.7 Å². The highest BCUT2D eigenvalue weighted by Gasteiger charge is 2.20. The fourth-order valence-corrected chi connectivity index (χ4v) is 2.60. The molecule has 0 saturated heterocycles. The molecule has 0 aliphatic rings. The maximum absolute atomic E-state index is 12.2. The molecule has 0 heterocycles. The number of nitrogens with one attached hydrogen (secondary N) is 1. The standard InChI is InChI=1S/C20H28N2O7/c1-5-28-19(24)15-9-16(11-17(10-15)22(26)27)20(25)29-12-18(23)21-14(4)8-6-7-13(2)3/h9-11,13-14H,5-8,12H2,1-4H3,(H,21,23). The van der Waals surface area contributed by atoms with E-state index in [2.05, 4.69) is 19.2 Å². The molecular formula is C20H28N2O7. The van der Waals surface area contributed by atoms with Gasteiger partial charge >= 0.3 is 11.9 Å². The van der Waals surface area contributed by atoms with E-state index < -0.39 is 35.1 Å². The smallest absolute Gasteiger partial charge is 0.338 e. The quantitative estimate of drug-likeness (QED) is 0.338. The van der Waals surface area contributed by atoms with Crippen LogP contribution in [0, 0.1) is 16.0 Å². The highest BCUT2D eigenvalue weighted by Crippen LogP contribution is 2.19. The maximum Gasteiger partial charge on any atom is 0.338 e. The number of benzene rings is 1. The second-order valence-corrected chi connectivity index (χ2v) is 7.12. The van der Waals surface area contributed by atoms with Crippen LogP contribution in [0.5, 0.6) is 0 Å². The number of amides is 1. The molecule has 0 saturated carbocycles. The van der Waals surface area contributed by atoms with Crippen LogP contribution in [0.4, 0.5) is 5.69 Å². The highest BCUT2D eigenvalue weighted by atomic mass is 16.6. The largest absolute Gasteiger partial charge is 0.462 e. The Kier molecular flexibility index (Phi) is 9.78. The molecule has 160 valence electrons. The van der Waals surface area contributed by atoms with E-state index in [-0.39, 0.29) is 23.8 Å². The van der Waals surface area contributed by atoms with Crippen molar-refractivity contribution in [2.45, 2.75) is 53.0 Å². The lowest BCUT2D eigenvalue weighted by Crippen LogP contribution is -2.35. The Morgan fingerprint density at radius 3 is 2.14 bits per heavy atom. The Labute approximate surface area is 169 Å². The zero-order chi connectivity index (χ0) is 22.0. The van der Waals surface area contributed by atoms with E-state index >= 15 is 0 Å². The number of carbonyl (C=O) groups is 3. The minimum Gasteiger partial charge on any atom is -0.462 e.